The quantitative estimate of drug-likeness (QED) is 0.341. The predicted molar refractivity (Wildman–Crippen MR) is 64.9 cm³/mol. The maximum Gasteiger partial charge on any atom is 0.238 e. The third-order valence-corrected chi connectivity index (χ3v) is 3.04. The van der Waals surface area contributed by atoms with Crippen molar-refractivity contribution in [1.29, 1.82) is 0 Å². The summed E-state index contributed by atoms with van der Waals surface area (Å²) in [6.07, 6.45) is 6.06. The van der Waals surface area contributed by atoms with Crippen molar-refractivity contribution < 1.29 is 9.63 Å². The van der Waals surface area contributed by atoms with Gasteiger partial charge in [0, 0.05) is 6.54 Å². The molecule has 1 aliphatic heterocycles. The highest BCUT2D eigenvalue weighted by Gasteiger charge is 2.36. The van der Waals surface area contributed by atoms with E-state index in [1.807, 2.05) is 0 Å². The molecule has 2 aliphatic rings. The van der Waals surface area contributed by atoms with Crippen LogP contribution in [0.1, 0.15) is 12.8 Å². The van der Waals surface area contributed by atoms with Crippen molar-refractivity contribution in [2.24, 2.45) is 11.7 Å². The van der Waals surface area contributed by atoms with Crippen molar-refractivity contribution in [2.75, 3.05) is 13.2 Å². The summed E-state index contributed by atoms with van der Waals surface area (Å²) >= 11 is 0. The number of nitrogens with one attached hydrogen (secondary N) is 2. The van der Waals surface area contributed by atoms with Crippen LogP contribution in [0.2, 0.25) is 0 Å². The van der Waals surface area contributed by atoms with Crippen molar-refractivity contribution in [2.45, 2.75) is 24.9 Å². The molecule has 0 aromatic heterocycles. The molecule has 0 bridgehead atoms. The van der Waals surface area contributed by atoms with Gasteiger partial charge < -0.3 is 11.1 Å². The van der Waals surface area contributed by atoms with Crippen molar-refractivity contribution in [3.63, 3.8) is 0 Å². The van der Waals surface area contributed by atoms with Gasteiger partial charge in [-0.05, 0) is 24.3 Å². The minimum absolute atomic E-state index is 0.0844. The van der Waals surface area contributed by atoms with E-state index in [4.69, 9.17) is 10.6 Å². The molecule has 1 heterocycles. The van der Waals surface area contributed by atoms with E-state index < -0.39 is 0 Å². The first kappa shape index (κ1) is 12.3. The Morgan fingerprint density at radius 3 is 3.06 bits per heavy atom. The summed E-state index contributed by atoms with van der Waals surface area (Å²) in [6, 6.07) is -0.221. The summed E-state index contributed by atoms with van der Waals surface area (Å²) in [4.78, 5) is 16.5. The Bertz CT molecular complexity index is 337. The third-order valence-electron chi connectivity index (χ3n) is 3.04. The first-order valence-electron chi connectivity index (χ1n) is 5.95. The monoisotopic (exact) mass is 237 g/mol. The highest BCUT2D eigenvalue weighted by Crippen LogP contribution is 2.39. The van der Waals surface area contributed by atoms with Crippen molar-refractivity contribution in [3.05, 3.63) is 24.3 Å². The molecular formula is C12H19N3O2. The number of carbonyl (C=O) groups is 1. The molecule has 94 valence electrons. The summed E-state index contributed by atoms with van der Waals surface area (Å²) in [5, 5.41) is 3.16. The Balaban J connectivity index is 1.97. The molecule has 2 atom stereocenters. The number of carbonyl (C=O) groups excluding carboxylic acids is 1. The minimum Gasteiger partial charge on any atom is -0.368 e. The van der Waals surface area contributed by atoms with Gasteiger partial charge in [-0.3, -0.25) is 9.63 Å². The summed E-state index contributed by atoms with van der Waals surface area (Å²) in [5.74, 6) is 0.220. The molecule has 0 radical (unpaired) electrons. The van der Waals surface area contributed by atoms with E-state index in [2.05, 4.69) is 23.5 Å². The molecule has 0 saturated heterocycles. The van der Waals surface area contributed by atoms with Gasteiger partial charge in [-0.15, -0.1) is 6.58 Å². The molecule has 1 aliphatic carbocycles. The lowest BCUT2D eigenvalue weighted by Gasteiger charge is -2.28. The average molecular weight is 237 g/mol. The van der Waals surface area contributed by atoms with Gasteiger partial charge in [0.1, 0.15) is 6.04 Å². The molecule has 1 saturated carbocycles. The zero-order valence-electron chi connectivity index (χ0n) is 9.82. The maximum atomic E-state index is 11.3. The second-order valence-corrected chi connectivity index (χ2v) is 4.51. The molecular weight excluding hydrogens is 218 g/mol. The summed E-state index contributed by atoms with van der Waals surface area (Å²) in [6.45, 7) is 4.68. The molecule has 1 fully saturated rings. The Kier molecular flexibility index (Phi) is 3.93. The van der Waals surface area contributed by atoms with Gasteiger partial charge in [-0.25, -0.2) is 0 Å². The van der Waals surface area contributed by atoms with Gasteiger partial charge in [0.05, 0.1) is 12.6 Å². The molecule has 0 aromatic rings. The Morgan fingerprint density at radius 2 is 2.47 bits per heavy atom. The van der Waals surface area contributed by atoms with Crippen LogP contribution in [-0.2, 0) is 9.63 Å². The molecule has 2 rings (SSSR count). The summed E-state index contributed by atoms with van der Waals surface area (Å²) in [7, 11) is 0. The topological polar surface area (TPSA) is 76.4 Å². The zero-order chi connectivity index (χ0) is 12.3. The molecule has 17 heavy (non-hydrogen) atoms. The van der Waals surface area contributed by atoms with E-state index in [9.17, 15) is 4.79 Å². The largest absolute Gasteiger partial charge is 0.368 e. The van der Waals surface area contributed by atoms with Crippen LogP contribution in [0.4, 0.5) is 0 Å². The van der Waals surface area contributed by atoms with Gasteiger partial charge in [-0.2, -0.15) is 5.48 Å². The highest BCUT2D eigenvalue weighted by atomic mass is 16.6. The normalized spacial score (nSPS) is 28.6. The lowest BCUT2D eigenvalue weighted by molar-refractivity contribution is -0.119. The predicted octanol–water partition coefficient (Wildman–Crippen LogP) is -0.144. The van der Waals surface area contributed by atoms with E-state index in [-0.39, 0.29) is 18.0 Å². The van der Waals surface area contributed by atoms with Crippen LogP contribution < -0.4 is 16.5 Å². The molecule has 5 nitrogen and oxygen atoms in total. The lowest BCUT2D eigenvalue weighted by Crippen LogP contribution is -2.52. The van der Waals surface area contributed by atoms with Crippen LogP contribution in [0.3, 0.4) is 0 Å². The number of hydrogen-bond donors (Lipinski definition) is 3. The number of hydrogen-bond acceptors (Lipinski definition) is 4. The van der Waals surface area contributed by atoms with Crippen molar-refractivity contribution in [1.82, 2.24) is 10.8 Å². The second kappa shape index (κ2) is 5.44. The van der Waals surface area contributed by atoms with Crippen LogP contribution in [0.5, 0.6) is 0 Å². The Labute approximate surface area is 101 Å². The minimum atomic E-state index is -0.306. The van der Waals surface area contributed by atoms with E-state index in [0.717, 1.165) is 18.4 Å². The van der Waals surface area contributed by atoms with E-state index in [1.165, 1.54) is 0 Å². The van der Waals surface area contributed by atoms with Gasteiger partial charge >= 0.3 is 0 Å². The molecule has 0 spiro atoms. The van der Waals surface area contributed by atoms with Gasteiger partial charge in [0.2, 0.25) is 5.91 Å². The first-order chi connectivity index (χ1) is 8.22. The molecule has 4 N–H and O–H groups in total. The molecule has 5 heteroatoms. The van der Waals surface area contributed by atoms with Gasteiger partial charge in [-0.1, -0.05) is 12.2 Å². The van der Waals surface area contributed by atoms with Crippen LogP contribution >= 0.6 is 0 Å². The zero-order valence-corrected chi connectivity index (χ0v) is 9.82. The third kappa shape index (κ3) is 3.15. The fourth-order valence-corrected chi connectivity index (χ4v) is 2.09. The van der Waals surface area contributed by atoms with Crippen molar-refractivity contribution >= 4 is 5.91 Å². The Morgan fingerprint density at radius 1 is 1.71 bits per heavy atom. The van der Waals surface area contributed by atoms with Gasteiger partial charge in [0.15, 0.2) is 0 Å². The maximum absolute atomic E-state index is 11.3. The summed E-state index contributed by atoms with van der Waals surface area (Å²) in [5.41, 5.74) is 9.43. The number of primary amides is 1. The second-order valence-electron chi connectivity index (χ2n) is 4.51. The fraction of sp³-hybridized carbons (Fsp3) is 0.583. The summed E-state index contributed by atoms with van der Waals surface area (Å²) < 4.78 is 0. The average Bonchev–Trinajstić information content (AvgIpc) is 3.13. The SMILES string of the molecule is C=CCONC1C=C(C2CC2)[C@H](C(N)=O)NC1. The van der Waals surface area contributed by atoms with Crippen LogP contribution in [0.15, 0.2) is 24.3 Å². The smallest absolute Gasteiger partial charge is 0.238 e. The van der Waals surface area contributed by atoms with E-state index in [1.54, 1.807) is 6.08 Å². The number of amides is 1. The first-order valence-corrected chi connectivity index (χ1v) is 5.95. The standard InChI is InChI=1S/C12H19N3O2/c1-2-5-17-15-9-6-10(8-3-4-8)11(12(13)16)14-7-9/h2,6,8-9,11,14-15H,1,3-5,7H2,(H2,13,16)/t9?,11-/m1/s1. The Hall–Kier alpha value is -1.17. The van der Waals surface area contributed by atoms with Crippen LogP contribution in [0, 0.1) is 5.92 Å². The number of hydroxylamine groups is 1. The van der Waals surface area contributed by atoms with Crippen LogP contribution in [0.25, 0.3) is 0 Å². The van der Waals surface area contributed by atoms with E-state index >= 15 is 0 Å². The molecule has 1 amide bonds. The highest BCUT2D eigenvalue weighted by molar-refractivity contribution is 5.83. The molecule has 1 unspecified atom stereocenters. The fourth-order valence-electron chi connectivity index (χ4n) is 2.09. The van der Waals surface area contributed by atoms with Crippen molar-refractivity contribution in [3.8, 4) is 0 Å². The lowest BCUT2D eigenvalue weighted by atomic mass is 9.95. The number of nitrogens with two attached hydrogens (primary N) is 1. The van der Waals surface area contributed by atoms with Gasteiger partial charge in [0.25, 0.3) is 0 Å². The molecule has 0 aromatic carbocycles. The van der Waals surface area contributed by atoms with Crippen LogP contribution in [-0.4, -0.2) is 31.1 Å². The van der Waals surface area contributed by atoms with E-state index in [0.29, 0.717) is 19.1 Å². The number of rotatable bonds is 6.